The first kappa shape index (κ1) is 12.4. The molecule has 0 aliphatic heterocycles. The largest absolute Gasteiger partial charge is 0.507 e. The Kier molecular flexibility index (Phi) is 2.95. The zero-order valence-electron chi connectivity index (χ0n) is 9.42. The molecule has 0 amide bonds. The third-order valence-electron chi connectivity index (χ3n) is 2.74. The van der Waals surface area contributed by atoms with Crippen molar-refractivity contribution in [3.63, 3.8) is 0 Å². The van der Waals surface area contributed by atoms with Crippen LogP contribution in [0.4, 0.5) is 4.39 Å². The van der Waals surface area contributed by atoms with Crippen molar-refractivity contribution in [1.82, 2.24) is 9.97 Å². The van der Waals surface area contributed by atoms with Crippen molar-refractivity contribution >= 4 is 38.6 Å². The third-order valence-corrected chi connectivity index (χ3v) is 3.58. The Morgan fingerprint density at radius 2 is 2.05 bits per heavy atom. The number of aromatic nitrogens is 2. The summed E-state index contributed by atoms with van der Waals surface area (Å²) in [5, 5.41) is 10.3. The topological polar surface area (TPSA) is 48.9 Å². The highest BCUT2D eigenvalue weighted by molar-refractivity contribution is 9.10. The number of nitrogens with zero attached hydrogens (tertiary/aromatic N) is 1. The number of nitrogens with one attached hydrogen (secondary N) is 1. The molecule has 1 heterocycles. The lowest BCUT2D eigenvalue weighted by Gasteiger charge is -2.00. The molecule has 2 N–H and O–H groups in total. The van der Waals surface area contributed by atoms with E-state index in [-0.39, 0.29) is 11.6 Å². The number of halogens is 3. The van der Waals surface area contributed by atoms with Crippen LogP contribution in [0, 0.1) is 5.82 Å². The average molecular weight is 342 g/mol. The molecule has 3 nitrogen and oxygen atoms in total. The fraction of sp³-hybridized carbons (Fsp3) is 0. The van der Waals surface area contributed by atoms with Crippen molar-refractivity contribution in [2.24, 2.45) is 0 Å². The number of imidazole rings is 1. The third kappa shape index (κ3) is 2.19. The Balaban J connectivity index is 2.23. The number of benzene rings is 2. The molecule has 6 heteroatoms. The molecule has 0 aliphatic rings. The molecule has 3 aromatic rings. The van der Waals surface area contributed by atoms with Crippen LogP contribution in [-0.2, 0) is 0 Å². The van der Waals surface area contributed by atoms with Gasteiger partial charge in [-0.3, -0.25) is 0 Å². The number of phenols is 1. The van der Waals surface area contributed by atoms with Gasteiger partial charge in [0.05, 0.1) is 21.1 Å². The van der Waals surface area contributed by atoms with Crippen molar-refractivity contribution in [3.8, 4) is 17.1 Å². The molecule has 0 saturated carbocycles. The first-order chi connectivity index (χ1) is 9.04. The van der Waals surface area contributed by atoms with Crippen LogP contribution in [-0.4, -0.2) is 15.1 Å². The molecule has 0 unspecified atom stereocenters. The molecule has 0 aliphatic carbocycles. The lowest BCUT2D eigenvalue weighted by molar-refractivity contribution is 0.477. The van der Waals surface area contributed by atoms with E-state index >= 15 is 0 Å². The summed E-state index contributed by atoms with van der Waals surface area (Å²) in [5.41, 5.74) is 1.62. The average Bonchev–Trinajstić information content (AvgIpc) is 2.75. The number of fused-ring (bicyclic) bond motifs is 1. The van der Waals surface area contributed by atoms with Crippen LogP contribution in [0.5, 0.6) is 5.75 Å². The van der Waals surface area contributed by atoms with Gasteiger partial charge in [-0.05, 0) is 40.2 Å². The van der Waals surface area contributed by atoms with Crippen LogP contribution in [0.2, 0.25) is 5.02 Å². The van der Waals surface area contributed by atoms with E-state index in [1.165, 1.54) is 12.1 Å². The van der Waals surface area contributed by atoms with Crippen molar-refractivity contribution in [2.75, 3.05) is 0 Å². The van der Waals surface area contributed by atoms with E-state index in [1.807, 2.05) is 0 Å². The van der Waals surface area contributed by atoms with E-state index in [0.29, 0.717) is 31.9 Å². The molecule has 96 valence electrons. The zero-order chi connectivity index (χ0) is 13.6. The molecule has 0 fully saturated rings. The monoisotopic (exact) mass is 340 g/mol. The first-order valence-corrected chi connectivity index (χ1v) is 6.55. The van der Waals surface area contributed by atoms with Gasteiger partial charge in [0.1, 0.15) is 17.4 Å². The van der Waals surface area contributed by atoms with Gasteiger partial charge in [-0.15, -0.1) is 0 Å². The van der Waals surface area contributed by atoms with E-state index in [4.69, 9.17) is 11.6 Å². The quantitative estimate of drug-likeness (QED) is 0.685. The summed E-state index contributed by atoms with van der Waals surface area (Å²) in [6.07, 6.45) is 0. The van der Waals surface area contributed by atoms with Crippen LogP contribution in [0.1, 0.15) is 0 Å². The minimum absolute atomic E-state index is 0.0583. The van der Waals surface area contributed by atoms with Crippen molar-refractivity contribution in [2.45, 2.75) is 0 Å². The highest BCUT2D eigenvalue weighted by Gasteiger charge is 2.12. The molecule has 0 atom stereocenters. The molecule has 19 heavy (non-hydrogen) atoms. The maximum atomic E-state index is 13.4. The second kappa shape index (κ2) is 4.51. The van der Waals surface area contributed by atoms with Gasteiger partial charge in [0.25, 0.3) is 0 Å². The summed E-state index contributed by atoms with van der Waals surface area (Å²) in [4.78, 5) is 7.27. The van der Waals surface area contributed by atoms with Gasteiger partial charge in [0.15, 0.2) is 0 Å². The lowest BCUT2D eigenvalue weighted by atomic mass is 10.2. The molecule has 1 aromatic heterocycles. The molecule has 0 saturated heterocycles. The molecular formula is C13H7BrClFN2O. The summed E-state index contributed by atoms with van der Waals surface area (Å²) < 4.78 is 13.8. The number of H-pyrrole nitrogens is 1. The smallest absolute Gasteiger partial charge is 0.142 e. The summed E-state index contributed by atoms with van der Waals surface area (Å²) in [5.74, 6) is 0.119. The Labute approximate surface area is 121 Å². The van der Waals surface area contributed by atoms with Crippen molar-refractivity contribution in [3.05, 3.63) is 45.6 Å². The molecule has 0 radical (unpaired) electrons. The number of aromatic hydroxyl groups is 1. The Morgan fingerprint density at radius 3 is 2.84 bits per heavy atom. The highest BCUT2D eigenvalue weighted by Crippen LogP contribution is 2.32. The lowest BCUT2D eigenvalue weighted by Crippen LogP contribution is -1.81. The number of hydrogen-bond acceptors (Lipinski definition) is 2. The first-order valence-electron chi connectivity index (χ1n) is 5.38. The Bertz CT molecular complexity index is 749. The Morgan fingerprint density at radius 1 is 1.26 bits per heavy atom. The van der Waals surface area contributed by atoms with Crippen LogP contribution in [0.3, 0.4) is 0 Å². The molecule has 0 bridgehead atoms. The predicted octanol–water partition coefficient (Wildman–Crippen LogP) is 4.49. The number of phenolic OH excluding ortho intramolecular Hbond substituents is 1. The van der Waals surface area contributed by atoms with Crippen molar-refractivity contribution < 1.29 is 9.50 Å². The standard InChI is InChI=1S/C13H7BrClFN2O/c14-8-4-10-11(5-9(8)16)18-13(17-10)7-3-6(15)1-2-12(7)19/h1-5,19H,(H,17,18). The fourth-order valence-corrected chi connectivity index (χ4v) is 2.33. The SMILES string of the molecule is Oc1ccc(Cl)cc1-c1nc2cc(Br)c(F)cc2[nH]1. The van der Waals surface area contributed by atoms with Gasteiger partial charge in [-0.25, -0.2) is 9.37 Å². The van der Waals surface area contributed by atoms with E-state index in [2.05, 4.69) is 25.9 Å². The van der Waals surface area contributed by atoms with Gasteiger partial charge in [0, 0.05) is 11.1 Å². The van der Waals surface area contributed by atoms with Gasteiger partial charge in [0.2, 0.25) is 0 Å². The van der Waals surface area contributed by atoms with Crippen LogP contribution in [0.15, 0.2) is 34.8 Å². The van der Waals surface area contributed by atoms with E-state index < -0.39 is 0 Å². The zero-order valence-corrected chi connectivity index (χ0v) is 11.8. The maximum absolute atomic E-state index is 13.4. The van der Waals surface area contributed by atoms with Gasteiger partial charge in [-0.2, -0.15) is 0 Å². The summed E-state index contributed by atoms with van der Waals surface area (Å²) >= 11 is 9.00. The Hall–Kier alpha value is -1.59. The van der Waals surface area contributed by atoms with Crippen LogP contribution >= 0.6 is 27.5 Å². The van der Waals surface area contributed by atoms with Gasteiger partial charge >= 0.3 is 0 Å². The normalized spacial score (nSPS) is 11.1. The van der Waals surface area contributed by atoms with Gasteiger partial charge < -0.3 is 10.1 Å². The summed E-state index contributed by atoms with van der Waals surface area (Å²) in [6.45, 7) is 0. The molecule has 3 rings (SSSR count). The minimum Gasteiger partial charge on any atom is -0.507 e. The minimum atomic E-state index is -0.377. The maximum Gasteiger partial charge on any atom is 0.142 e. The van der Waals surface area contributed by atoms with Gasteiger partial charge in [-0.1, -0.05) is 11.6 Å². The second-order valence-corrected chi connectivity index (χ2v) is 5.32. The van der Waals surface area contributed by atoms with E-state index in [1.54, 1.807) is 18.2 Å². The van der Waals surface area contributed by atoms with E-state index in [9.17, 15) is 9.50 Å². The number of aromatic amines is 1. The molecule has 0 spiro atoms. The fourth-order valence-electron chi connectivity index (χ4n) is 1.83. The highest BCUT2D eigenvalue weighted by atomic mass is 79.9. The second-order valence-electron chi connectivity index (χ2n) is 4.03. The predicted molar refractivity (Wildman–Crippen MR) is 75.9 cm³/mol. The number of hydrogen-bond donors (Lipinski definition) is 2. The molecular weight excluding hydrogens is 335 g/mol. The molecule has 2 aromatic carbocycles. The van der Waals surface area contributed by atoms with Crippen molar-refractivity contribution in [1.29, 1.82) is 0 Å². The number of rotatable bonds is 1. The summed E-state index contributed by atoms with van der Waals surface area (Å²) in [7, 11) is 0. The van der Waals surface area contributed by atoms with Crippen LogP contribution < -0.4 is 0 Å². The van der Waals surface area contributed by atoms with E-state index in [0.717, 1.165) is 0 Å². The van der Waals surface area contributed by atoms with Crippen LogP contribution in [0.25, 0.3) is 22.4 Å². The summed E-state index contributed by atoms with van der Waals surface area (Å²) in [6, 6.07) is 7.59.